The van der Waals surface area contributed by atoms with Crippen LogP contribution in [0.25, 0.3) is 0 Å². The van der Waals surface area contributed by atoms with E-state index in [0.717, 1.165) is 13.1 Å². The minimum absolute atomic E-state index is 0.245. The zero-order valence-corrected chi connectivity index (χ0v) is 10.8. The van der Waals surface area contributed by atoms with Crippen molar-refractivity contribution in [3.63, 3.8) is 0 Å². The predicted octanol–water partition coefficient (Wildman–Crippen LogP) is 0.461. The molecule has 0 saturated carbocycles. The number of likely N-dealkylation sites (tertiary alicyclic amines) is 1. The van der Waals surface area contributed by atoms with Crippen molar-refractivity contribution < 1.29 is 0 Å². The first-order valence-corrected chi connectivity index (χ1v) is 6.06. The van der Waals surface area contributed by atoms with E-state index in [4.69, 9.17) is 11.0 Å². The van der Waals surface area contributed by atoms with Gasteiger partial charge in [0.25, 0.3) is 0 Å². The standard InChI is InChI=1S/C12H18N6/c1-17-5-3-4-10(17)8-18(2)12-15-7-9(6-13)11(14)16-12/h7,10H,3-5,8H2,1-2H3,(H2,14,15,16). The highest BCUT2D eigenvalue weighted by molar-refractivity contribution is 5.50. The van der Waals surface area contributed by atoms with Crippen LogP contribution in [-0.2, 0) is 0 Å². The average Bonchev–Trinajstić information content (AvgIpc) is 2.75. The van der Waals surface area contributed by atoms with Gasteiger partial charge in [-0.15, -0.1) is 0 Å². The SMILES string of the molecule is CN(CC1CCCN1C)c1ncc(C#N)c(N)n1. The molecule has 6 nitrogen and oxygen atoms in total. The number of nitrogen functional groups attached to an aromatic ring is 1. The predicted molar refractivity (Wildman–Crippen MR) is 70.1 cm³/mol. The zero-order valence-electron chi connectivity index (χ0n) is 10.8. The van der Waals surface area contributed by atoms with Gasteiger partial charge in [0.15, 0.2) is 0 Å². The highest BCUT2D eigenvalue weighted by Gasteiger charge is 2.23. The monoisotopic (exact) mass is 246 g/mol. The lowest BCUT2D eigenvalue weighted by Gasteiger charge is -2.25. The molecule has 1 atom stereocenters. The van der Waals surface area contributed by atoms with Crippen molar-refractivity contribution in [2.24, 2.45) is 0 Å². The Morgan fingerprint density at radius 1 is 1.67 bits per heavy atom. The van der Waals surface area contributed by atoms with Gasteiger partial charge in [0.2, 0.25) is 5.95 Å². The van der Waals surface area contributed by atoms with E-state index in [2.05, 4.69) is 21.9 Å². The minimum atomic E-state index is 0.245. The smallest absolute Gasteiger partial charge is 0.227 e. The average molecular weight is 246 g/mol. The van der Waals surface area contributed by atoms with E-state index in [9.17, 15) is 0 Å². The Labute approximate surface area is 107 Å². The van der Waals surface area contributed by atoms with Gasteiger partial charge in [-0.05, 0) is 26.4 Å². The molecular weight excluding hydrogens is 228 g/mol. The third-order valence-electron chi connectivity index (χ3n) is 3.42. The molecular formula is C12H18N6. The van der Waals surface area contributed by atoms with Crippen LogP contribution in [0.3, 0.4) is 0 Å². The fourth-order valence-corrected chi connectivity index (χ4v) is 2.26. The highest BCUT2D eigenvalue weighted by Crippen LogP contribution is 2.18. The Hall–Kier alpha value is -1.87. The van der Waals surface area contributed by atoms with Crippen molar-refractivity contribution in [3.8, 4) is 6.07 Å². The number of nitrogens with zero attached hydrogens (tertiary/aromatic N) is 5. The molecule has 0 radical (unpaired) electrons. The summed E-state index contributed by atoms with van der Waals surface area (Å²) in [6.45, 7) is 2.02. The Kier molecular flexibility index (Phi) is 3.63. The van der Waals surface area contributed by atoms with Crippen molar-refractivity contribution in [3.05, 3.63) is 11.8 Å². The molecule has 1 aliphatic heterocycles. The first kappa shape index (κ1) is 12.6. The van der Waals surface area contributed by atoms with Crippen molar-refractivity contribution in [1.82, 2.24) is 14.9 Å². The van der Waals surface area contributed by atoms with E-state index in [1.807, 2.05) is 18.0 Å². The molecule has 0 bridgehead atoms. The van der Waals surface area contributed by atoms with Crippen molar-refractivity contribution >= 4 is 11.8 Å². The number of rotatable bonds is 3. The summed E-state index contributed by atoms with van der Waals surface area (Å²) in [5, 5.41) is 8.78. The maximum atomic E-state index is 8.78. The van der Waals surface area contributed by atoms with E-state index in [-0.39, 0.29) is 5.82 Å². The van der Waals surface area contributed by atoms with Crippen LogP contribution in [0.1, 0.15) is 18.4 Å². The Morgan fingerprint density at radius 2 is 2.44 bits per heavy atom. The number of hydrogen-bond acceptors (Lipinski definition) is 6. The third kappa shape index (κ3) is 2.51. The third-order valence-corrected chi connectivity index (χ3v) is 3.42. The van der Waals surface area contributed by atoms with Gasteiger partial charge in [-0.3, -0.25) is 0 Å². The molecule has 6 heteroatoms. The summed E-state index contributed by atoms with van der Waals surface area (Å²) in [5.74, 6) is 0.820. The molecule has 0 aromatic carbocycles. The summed E-state index contributed by atoms with van der Waals surface area (Å²) < 4.78 is 0. The van der Waals surface area contributed by atoms with E-state index in [0.29, 0.717) is 17.6 Å². The van der Waals surface area contributed by atoms with Crippen LogP contribution in [0.5, 0.6) is 0 Å². The van der Waals surface area contributed by atoms with Crippen LogP contribution in [0.2, 0.25) is 0 Å². The summed E-state index contributed by atoms with van der Waals surface area (Å²) in [5.41, 5.74) is 6.02. The lowest BCUT2D eigenvalue weighted by atomic mass is 10.2. The van der Waals surface area contributed by atoms with E-state index < -0.39 is 0 Å². The second kappa shape index (κ2) is 5.19. The number of nitrogens with two attached hydrogens (primary N) is 1. The largest absolute Gasteiger partial charge is 0.382 e. The van der Waals surface area contributed by atoms with Gasteiger partial charge in [0.05, 0.1) is 6.20 Å². The zero-order chi connectivity index (χ0) is 13.1. The quantitative estimate of drug-likeness (QED) is 0.834. The summed E-state index contributed by atoms with van der Waals surface area (Å²) in [4.78, 5) is 12.7. The molecule has 1 aliphatic rings. The summed E-state index contributed by atoms with van der Waals surface area (Å²) in [6.07, 6.45) is 3.92. The molecule has 96 valence electrons. The van der Waals surface area contributed by atoms with Crippen molar-refractivity contribution in [2.75, 3.05) is 37.8 Å². The van der Waals surface area contributed by atoms with Crippen molar-refractivity contribution in [1.29, 1.82) is 5.26 Å². The van der Waals surface area contributed by atoms with E-state index in [1.54, 1.807) is 0 Å². The summed E-state index contributed by atoms with van der Waals surface area (Å²) >= 11 is 0. The minimum Gasteiger partial charge on any atom is -0.382 e. The molecule has 1 aromatic heterocycles. The Bertz CT molecular complexity index is 466. The lowest BCUT2D eigenvalue weighted by Crippen LogP contribution is -2.37. The number of nitriles is 1. The van der Waals surface area contributed by atoms with Crippen LogP contribution >= 0.6 is 0 Å². The molecule has 1 aromatic rings. The first-order valence-electron chi connectivity index (χ1n) is 6.06. The van der Waals surface area contributed by atoms with Crippen LogP contribution in [0.15, 0.2) is 6.20 Å². The lowest BCUT2D eigenvalue weighted by molar-refractivity contribution is 0.313. The van der Waals surface area contributed by atoms with E-state index in [1.165, 1.54) is 19.0 Å². The Morgan fingerprint density at radius 3 is 3.00 bits per heavy atom. The normalized spacial score (nSPS) is 19.7. The highest BCUT2D eigenvalue weighted by atomic mass is 15.3. The molecule has 0 spiro atoms. The van der Waals surface area contributed by atoms with E-state index >= 15 is 0 Å². The van der Waals surface area contributed by atoms with Crippen molar-refractivity contribution in [2.45, 2.75) is 18.9 Å². The molecule has 1 saturated heterocycles. The van der Waals surface area contributed by atoms with Gasteiger partial charge < -0.3 is 15.5 Å². The van der Waals surface area contributed by atoms with Gasteiger partial charge >= 0.3 is 0 Å². The molecule has 2 rings (SSSR count). The molecule has 1 unspecified atom stereocenters. The molecule has 18 heavy (non-hydrogen) atoms. The molecule has 2 heterocycles. The van der Waals surface area contributed by atoms with Crippen LogP contribution in [0, 0.1) is 11.3 Å². The topological polar surface area (TPSA) is 82.1 Å². The van der Waals surface area contributed by atoms with Gasteiger partial charge in [-0.25, -0.2) is 4.98 Å². The molecule has 1 fully saturated rings. The number of anilines is 2. The fourth-order valence-electron chi connectivity index (χ4n) is 2.26. The number of likely N-dealkylation sites (N-methyl/N-ethyl adjacent to an activating group) is 2. The van der Waals surface area contributed by atoms with Gasteiger partial charge in [0, 0.05) is 19.6 Å². The summed E-state index contributed by atoms with van der Waals surface area (Å²) in [7, 11) is 4.09. The van der Waals surface area contributed by atoms with Crippen LogP contribution in [-0.4, -0.2) is 48.1 Å². The summed E-state index contributed by atoms with van der Waals surface area (Å²) in [6, 6.07) is 2.50. The fraction of sp³-hybridized carbons (Fsp3) is 0.583. The number of aromatic nitrogens is 2. The number of hydrogen-bond donors (Lipinski definition) is 1. The van der Waals surface area contributed by atoms with Crippen LogP contribution < -0.4 is 10.6 Å². The maximum Gasteiger partial charge on any atom is 0.227 e. The maximum absolute atomic E-state index is 8.78. The van der Waals surface area contributed by atoms with Gasteiger partial charge in [0.1, 0.15) is 17.5 Å². The molecule has 0 aliphatic carbocycles. The second-order valence-corrected chi connectivity index (χ2v) is 4.74. The van der Waals surface area contributed by atoms with Crippen LogP contribution in [0.4, 0.5) is 11.8 Å². The molecule has 0 amide bonds. The van der Waals surface area contributed by atoms with Gasteiger partial charge in [-0.1, -0.05) is 0 Å². The Balaban J connectivity index is 2.07. The second-order valence-electron chi connectivity index (χ2n) is 4.74. The first-order chi connectivity index (χ1) is 8.61. The van der Waals surface area contributed by atoms with Gasteiger partial charge in [-0.2, -0.15) is 10.2 Å². The molecule has 2 N–H and O–H groups in total.